The maximum Gasteiger partial charge on any atom is 0.337 e. The average Bonchev–Trinajstić information content (AvgIpc) is 3.12. The van der Waals surface area contributed by atoms with E-state index in [0.717, 1.165) is 12.3 Å². The number of carboxylic acids is 1. The fourth-order valence-electron chi connectivity index (χ4n) is 4.66. The van der Waals surface area contributed by atoms with E-state index < -0.39 is 33.2 Å². The van der Waals surface area contributed by atoms with Gasteiger partial charge >= 0.3 is 5.97 Å². The number of carbonyl (C=O) groups is 1. The van der Waals surface area contributed by atoms with Crippen LogP contribution in [-0.4, -0.2) is 35.3 Å². The molecule has 0 bridgehead atoms. The van der Waals surface area contributed by atoms with Crippen molar-refractivity contribution < 1.29 is 27.1 Å². The molecule has 180 valence electrons. The monoisotopic (exact) mass is 499 g/mol. The molecule has 4 aromatic rings. The molecule has 2 aromatic heterocycles. The molecule has 0 amide bonds. The van der Waals surface area contributed by atoms with E-state index in [1.54, 1.807) is 25.5 Å². The Morgan fingerprint density at radius 1 is 1.17 bits per heavy atom. The lowest BCUT2D eigenvalue weighted by Gasteiger charge is -2.28. The van der Waals surface area contributed by atoms with Gasteiger partial charge in [0.05, 0.1) is 29.2 Å². The molecule has 0 saturated heterocycles. The Bertz CT molecular complexity index is 1720. The van der Waals surface area contributed by atoms with E-state index >= 15 is 0 Å². The second-order valence-electron chi connectivity index (χ2n) is 8.62. The van der Waals surface area contributed by atoms with Gasteiger partial charge in [-0.05, 0) is 35.4 Å². The smallest absolute Gasteiger partial charge is 0.337 e. The number of fused-ring (bicyclic) bond motifs is 2. The summed E-state index contributed by atoms with van der Waals surface area (Å²) in [6.45, 7) is -0.0264. The number of hydrogen-bond acceptors (Lipinski definition) is 5. The van der Waals surface area contributed by atoms with Gasteiger partial charge in [0.2, 0.25) is 0 Å². The lowest BCUT2D eigenvalue weighted by atomic mass is 9.95. The minimum atomic E-state index is -3.52. The summed E-state index contributed by atoms with van der Waals surface area (Å²) < 4.78 is 54.1. The summed E-state index contributed by atoms with van der Waals surface area (Å²) in [4.78, 5) is 29.5. The van der Waals surface area contributed by atoms with Gasteiger partial charge in [-0.15, -0.1) is 0 Å². The molecule has 1 aliphatic rings. The van der Waals surface area contributed by atoms with Crippen LogP contribution in [0.2, 0.25) is 0 Å². The van der Waals surface area contributed by atoms with Gasteiger partial charge in [-0.25, -0.2) is 22.0 Å². The second-order valence-corrected chi connectivity index (χ2v) is 10.8. The second kappa shape index (κ2) is 7.77. The number of pyridine rings is 1. The number of aryl methyl sites for hydroxylation is 1. The van der Waals surface area contributed by atoms with Gasteiger partial charge in [0, 0.05) is 48.3 Å². The van der Waals surface area contributed by atoms with Gasteiger partial charge < -0.3 is 19.6 Å². The number of nitrogens with zero attached hydrogens (tertiary/aromatic N) is 2. The zero-order chi connectivity index (χ0) is 25.2. The molecule has 0 atom stereocenters. The van der Waals surface area contributed by atoms with Gasteiger partial charge in [0.1, 0.15) is 17.2 Å². The van der Waals surface area contributed by atoms with Crippen molar-refractivity contribution in [3.8, 4) is 11.1 Å². The highest BCUT2D eigenvalue weighted by atomic mass is 32.2. The van der Waals surface area contributed by atoms with Crippen LogP contribution in [0.4, 0.5) is 20.2 Å². The lowest BCUT2D eigenvalue weighted by Crippen LogP contribution is -2.21. The molecule has 0 unspecified atom stereocenters. The first-order valence-electron chi connectivity index (χ1n) is 10.4. The van der Waals surface area contributed by atoms with Crippen LogP contribution in [-0.2, 0) is 29.2 Å². The number of anilines is 2. The minimum absolute atomic E-state index is 0.0264. The number of nitrogens with one attached hydrogen (secondary N) is 1. The highest BCUT2D eigenvalue weighted by Crippen LogP contribution is 2.46. The molecular formula is C24H19F2N3O5S. The van der Waals surface area contributed by atoms with Crippen molar-refractivity contribution in [2.45, 2.75) is 12.3 Å². The van der Waals surface area contributed by atoms with Crippen LogP contribution in [0, 0.1) is 11.6 Å². The molecule has 3 heterocycles. The molecule has 0 saturated carbocycles. The number of benzene rings is 2. The van der Waals surface area contributed by atoms with E-state index in [2.05, 4.69) is 4.98 Å². The summed E-state index contributed by atoms with van der Waals surface area (Å²) in [5.41, 5.74) is 1.36. The maximum atomic E-state index is 15.0. The molecule has 0 aliphatic carbocycles. The summed E-state index contributed by atoms with van der Waals surface area (Å²) in [5, 5.41) is 10.6. The largest absolute Gasteiger partial charge is 0.478 e. The van der Waals surface area contributed by atoms with E-state index in [-0.39, 0.29) is 40.1 Å². The van der Waals surface area contributed by atoms with Crippen molar-refractivity contribution in [3.05, 3.63) is 81.4 Å². The summed E-state index contributed by atoms with van der Waals surface area (Å²) in [6.07, 6.45) is 4.17. The summed E-state index contributed by atoms with van der Waals surface area (Å²) in [5.74, 6) is -3.46. The fourth-order valence-corrected chi connectivity index (χ4v) is 5.43. The fraction of sp³-hybridized carbons (Fsp3) is 0.167. The van der Waals surface area contributed by atoms with Crippen LogP contribution in [0.5, 0.6) is 0 Å². The first kappa shape index (κ1) is 22.8. The Morgan fingerprint density at radius 2 is 1.91 bits per heavy atom. The molecule has 0 fully saturated rings. The Labute approximate surface area is 198 Å². The van der Waals surface area contributed by atoms with Gasteiger partial charge in [-0.2, -0.15) is 0 Å². The Kier molecular flexibility index (Phi) is 5.06. The first-order valence-corrected chi connectivity index (χ1v) is 12.5. The van der Waals surface area contributed by atoms with E-state index in [1.165, 1.54) is 21.6 Å². The number of aromatic nitrogens is 2. The molecule has 2 N–H and O–H groups in total. The number of aromatic amines is 1. The number of H-pyrrole nitrogens is 1. The Hall–Kier alpha value is -3.99. The van der Waals surface area contributed by atoms with Gasteiger partial charge in [-0.1, -0.05) is 0 Å². The average molecular weight is 499 g/mol. The summed E-state index contributed by atoms with van der Waals surface area (Å²) >= 11 is 0. The third-order valence-corrected chi connectivity index (χ3v) is 6.86. The third-order valence-electron chi connectivity index (χ3n) is 6.01. The molecule has 11 heteroatoms. The SMILES string of the molecule is Cn1cc2c3c(c[nH]c3c1=O)CN(c1ccc(F)cc1F)c1c(C(=O)O)cc(CS(C)(=O)=O)cc1-2. The minimum Gasteiger partial charge on any atom is -0.478 e. The number of halogens is 2. The molecule has 5 rings (SSSR count). The topological polar surface area (TPSA) is 112 Å². The highest BCUT2D eigenvalue weighted by molar-refractivity contribution is 7.89. The normalized spacial score (nSPS) is 13.1. The predicted molar refractivity (Wildman–Crippen MR) is 127 cm³/mol. The molecule has 2 aromatic carbocycles. The molecular weight excluding hydrogens is 480 g/mol. The molecule has 0 radical (unpaired) electrons. The number of aromatic carboxylic acids is 1. The van der Waals surface area contributed by atoms with Gasteiger partial charge in [0.15, 0.2) is 9.84 Å². The molecule has 1 aliphatic heterocycles. The van der Waals surface area contributed by atoms with E-state index in [0.29, 0.717) is 28.1 Å². The standard InChI is InChI=1S/C24H19F2N3O5S/c1-28-10-17-15-5-12(11-35(2,33)34)6-16(24(31)32)22(15)29(19-4-3-14(25)7-18(19)26)9-13-8-27-21(20(13)17)23(28)30/h3-8,10,27H,9,11H2,1-2H3,(H,31,32). The van der Waals surface area contributed by atoms with Crippen LogP contribution in [0.1, 0.15) is 21.5 Å². The van der Waals surface area contributed by atoms with E-state index in [9.17, 15) is 31.9 Å². The zero-order valence-corrected chi connectivity index (χ0v) is 19.4. The van der Waals surface area contributed by atoms with Crippen molar-refractivity contribution >= 4 is 38.1 Å². The maximum absolute atomic E-state index is 15.0. The highest BCUT2D eigenvalue weighted by Gasteiger charge is 2.31. The Morgan fingerprint density at radius 3 is 2.57 bits per heavy atom. The van der Waals surface area contributed by atoms with Gasteiger partial charge in [0.25, 0.3) is 5.56 Å². The van der Waals surface area contributed by atoms with Crippen LogP contribution in [0.25, 0.3) is 22.0 Å². The van der Waals surface area contributed by atoms with Crippen molar-refractivity contribution in [1.29, 1.82) is 0 Å². The van der Waals surface area contributed by atoms with Crippen LogP contribution >= 0.6 is 0 Å². The number of rotatable bonds is 4. The first-order chi connectivity index (χ1) is 16.4. The van der Waals surface area contributed by atoms with E-state index in [1.807, 2.05) is 0 Å². The number of sulfone groups is 1. The number of carboxylic acid groups (broad SMARTS) is 1. The molecule has 0 spiro atoms. The predicted octanol–water partition coefficient (Wildman–Crippen LogP) is 3.71. The quantitative estimate of drug-likeness (QED) is 0.443. The summed E-state index contributed by atoms with van der Waals surface area (Å²) in [7, 11) is -1.98. The van der Waals surface area contributed by atoms with Crippen molar-refractivity contribution in [3.63, 3.8) is 0 Å². The summed E-state index contributed by atoms with van der Waals surface area (Å²) in [6, 6.07) is 5.77. The van der Waals surface area contributed by atoms with Crippen LogP contribution in [0.15, 0.2) is 47.5 Å². The van der Waals surface area contributed by atoms with E-state index in [4.69, 9.17) is 0 Å². The third kappa shape index (κ3) is 3.77. The van der Waals surface area contributed by atoms with Crippen molar-refractivity contribution in [2.24, 2.45) is 7.05 Å². The Balaban J connectivity index is 1.94. The van der Waals surface area contributed by atoms with Crippen LogP contribution < -0.4 is 10.5 Å². The van der Waals surface area contributed by atoms with Crippen molar-refractivity contribution in [2.75, 3.05) is 11.2 Å². The van der Waals surface area contributed by atoms with Gasteiger partial charge in [-0.3, -0.25) is 4.79 Å². The lowest BCUT2D eigenvalue weighted by molar-refractivity contribution is 0.0697. The van der Waals surface area contributed by atoms with Crippen LogP contribution in [0.3, 0.4) is 0 Å². The zero-order valence-electron chi connectivity index (χ0n) is 18.6. The van der Waals surface area contributed by atoms with Crippen molar-refractivity contribution in [1.82, 2.24) is 9.55 Å². The molecule has 8 nitrogen and oxygen atoms in total. The molecule has 35 heavy (non-hydrogen) atoms. The number of hydrogen-bond donors (Lipinski definition) is 2.